The summed E-state index contributed by atoms with van der Waals surface area (Å²) < 4.78 is 0. The third-order valence-corrected chi connectivity index (χ3v) is 1.74. The summed E-state index contributed by atoms with van der Waals surface area (Å²) in [6, 6.07) is 5.20. The van der Waals surface area contributed by atoms with Gasteiger partial charge in [0.15, 0.2) is 0 Å². The average Bonchev–Trinajstić information content (AvgIpc) is 2.04. The summed E-state index contributed by atoms with van der Waals surface area (Å²) in [7, 11) is 0. The zero-order valence-electron chi connectivity index (χ0n) is 7.66. The van der Waals surface area contributed by atoms with Crippen LogP contribution in [0.3, 0.4) is 0 Å². The fourth-order valence-electron chi connectivity index (χ4n) is 0.806. The second kappa shape index (κ2) is 7.78. The zero-order valence-corrected chi connectivity index (χ0v) is 11.5. The number of hydrogen-bond acceptors (Lipinski definition) is 3. The van der Waals surface area contributed by atoms with Crippen LogP contribution in [0.5, 0.6) is 0 Å². The van der Waals surface area contributed by atoms with E-state index in [2.05, 4.69) is 0 Å². The molecule has 0 aliphatic heterocycles. The van der Waals surface area contributed by atoms with Gasteiger partial charge in [-0.05, 0) is 17.7 Å². The number of halogens is 1. The van der Waals surface area contributed by atoms with Crippen molar-refractivity contribution in [1.29, 1.82) is 0 Å². The monoisotopic (exact) mass is 241 g/mol. The summed E-state index contributed by atoms with van der Waals surface area (Å²) in [6.45, 7) is 0. The zero-order chi connectivity index (χ0) is 9.14. The number of carbonyl (C=O) groups is 1. The van der Waals surface area contributed by atoms with E-state index in [1.54, 1.807) is 24.3 Å². The number of aliphatic carboxylic acids is 1. The van der Waals surface area contributed by atoms with E-state index in [0.29, 0.717) is 10.6 Å². The van der Waals surface area contributed by atoms with Crippen molar-refractivity contribution < 1.29 is 66.8 Å². The third kappa shape index (κ3) is 4.86. The number of rotatable bonds is 2. The smallest absolute Gasteiger partial charge is 0.548 e. The second-order valence-electron chi connectivity index (χ2n) is 2.35. The molecule has 1 atom stereocenters. The minimum absolute atomic E-state index is 0. The van der Waals surface area contributed by atoms with E-state index in [-0.39, 0.29) is 56.9 Å². The van der Waals surface area contributed by atoms with Crippen LogP contribution in [0.25, 0.3) is 0 Å². The Labute approximate surface area is 129 Å². The fourth-order valence-corrected chi connectivity index (χ4v) is 0.932. The molecule has 0 spiro atoms. The fraction of sp³-hybridized carbons (Fsp3) is 0.125. The first-order valence-corrected chi connectivity index (χ1v) is 3.71. The summed E-state index contributed by atoms with van der Waals surface area (Å²) in [5.74, 6) is -1.29. The van der Waals surface area contributed by atoms with Crippen LogP contribution in [-0.4, -0.2) is 11.4 Å². The maximum Gasteiger partial charge on any atom is 1.00 e. The molecule has 0 amide bonds. The molecule has 0 radical (unpaired) electrons. The van der Waals surface area contributed by atoms with Gasteiger partial charge in [0.05, 0.1) is 12.0 Å². The average molecular weight is 242 g/mol. The Morgan fingerprint density at radius 2 is 1.79 bits per heavy atom. The van der Waals surface area contributed by atoms with Crippen molar-refractivity contribution in [2.75, 3.05) is 0 Å². The molecule has 1 aromatic rings. The van der Waals surface area contributed by atoms with Crippen molar-refractivity contribution in [2.24, 2.45) is 5.73 Å². The number of nitrogens with two attached hydrogens (primary N) is 1. The minimum Gasteiger partial charge on any atom is -0.548 e. The van der Waals surface area contributed by atoms with Crippen molar-refractivity contribution in [3.63, 3.8) is 0 Å². The van der Waals surface area contributed by atoms with Crippen LogP contribution in [0, 0.1) is 0 Å². The molecule has 0 saturated carbocycles. The minimum atomic E-state index is -1.29. The molecule has 4 nitrogen and oxygen atoms in total. The molecule has 4 N–H and O–H groups in total. The summed E-state index contributed by atoms with van der Waals surface area (Å²) in [5, 5.41) is 10.9. The molecule has 14 heavy (non-hydrogen) atoms. The van der Waals surface area contributed by atoms with Gasteiger partial charge in [-0.1, -0.05) is 23.7 Å². The molecule has 0 aliphatic rings. The number of carboxylic acids is 1. The number of carbonyl (C=O) groups excluding carboxylic acids is 1. The first-order valence-electron chi connectivity index (χ1n) is 3.33. The summed E-state index contributed by atoms with van der Waals surface area (Å²) in [6.07, 6.45) is 0. The second-order valence-corrected chi connectivity index (χ2v) is 2.78. The Bertz CT molecular complexity index is 291. The number of hydrogen-bond donors (Lipinski definition) is 1. The number of benzene rings is 1. The molecule has 0 aliphatic carbocycles. The van der Waals surface area contributed by atoms with Crippen LogP contribution in [0.4, 0.5) is 0 Å². The SMILES string of the molecule is NC(C(=O)[O-])c1ccc(Cl)cc1.O.[K+]. The van der Waals surface area contributed by atoms with Gasteiger partial charge in [0, 0.05) is 5.02 Å². The maximum absolute atomic E-state index is 10.3. The molecule has 0 bridgehead atoms. The summed E-state index contributed by atoms with van der Waals surface area (Å²) in [4.78, 5) is 10.3. The van der Waals surface area contributed by atoms with Gasteiger partial charge in [-0.25, -0.2) is 0 Å². The molecule has 1 aromatic carbocycles. The topological polar surface area (TPSA) is 97.7 Å². The molecule has 6 heteroatoms. The van der Waals surface area contributed by atoms with Crippen LogP contribution in [0.2, 0.25) is 5.02 Å². The van der Waals surface area contributed by atoms with Crippen molar-refractivity contribution >= 4 is 17.6 Å². The Morgan fingerprint density at radius 1 is 1.36 bits per heavy atom. The third-order valence-electron chi connectivity index (χ3n) is 1.48. The molecule has 0 heterocycles. The van der Waals surface area contributed by atoms with Crippen molar-refractivity contribution in [3.8, 4) is 0 Å². The molecule has 0 aromatic heterocycles. The van der Waals surface area contributed by atoms with Gasteiger partial charge < -0.3 is 21.1 Å². The van der Waals surface area contributed by atoms with E-state index in [0.717, 1.165) is 0 Å². The van der Waals surface area contributed by atoms with E-state index in [9.17, 15) is 9.90 Å². The van der Waals surface area contributed by atoms with Crippen molar-refractivity contribution in [2.45, 2.75) is 6.04 Å². The van der Waals surface area contributed by atoms with E-state index in [1.807, 2.05) is 0 Å². The normalized spacial score (nSPS) is 10.7. The standard InChI is InChI=1S/C8H8ClNO2.K.H2O/c9-6-3-1-5(2-4-6)7(10)8(11)12;;/h1-4,7H,10H2,(H,11,12);;1H2/q;+1;/p-1. The Kier molecular flexibility index (Phi) is 9.42. The molecule has 72 valence electrons. The van der Waals surface area contributed by atoms with E-state index >= 15 is 0 Å². The van der Waals surface area contributed by atoms with Gasteiger partial charge in [0.2, 0.25) is 0 Å². The van der Waals surface area contributed by atoms with Crippen molar-refractivity contribution in [3.05, 3.63) is 34.9 Å². The van der Waals surface area contributed by atoms with Crippen LogP contribution < -0.4 is 62.2 Å². The summed E-state index contributed by atoms with van der Waals surface area (Å²) in [5.41, 5.74) is 5.77. The number of carboxylic acid groups (broad SMARTS) is 1. The molecular weight excluding hydrogens is 233 g/mol. The Balaban J connectivity index is 0. The van der Waals surface area contributed by atoms with Crippen LogP contribution >= 0.6 is 11.6 Å². The van der Waals surface area contributed by atoms with Gasteiger partial charge in [0.25, 0.3) is 0 Å². The van der Waals surface area contributed by atoms with Gasteiger partial charge >= 0.3 is 51.4 Å². The van der Waals surface area contributed by atoms with E-state index < -0.39 is 12.0 Å². The Hall–Kier alpha value is 0.536. The first kappa shape index (κ1) is 16.9. The van der Waals surface area contributed by atoms with E-state index in [1.165, 1.54) is 0 Å². The predicted molar refractivity (Wildman–Crippen MR) is 47.0 cm³/mol. The van der Waals surface area contributed by atoms with Gasteiger partial charge in [-0.2, -0.15) is 0 Å². The molecular formula is C8H9ClKNO3. The van der Waals surface area contributed by atoms with Gasteiger partial charge in [0.1, 0.15) is 0 Å². The Morgan fingerprint density at radius 3 is 2.14 bits per heavy atom. The quantitative estimate of drug-likeness (QED) is 0.539. The van der Waals surface area contributed by atoms with Crippen LogP contribution in [-0.2, 0) is 4.79 Å². The molecule has 0 saturated heterocycles. The van der Waals surface area contributed by atoms with Gasteiger partial charge in [-0.15, -0.1) is 0 Å². The maximum atomic E-state index is 10.3. The summed E-state index contributed by atoms with van der Waals surface area (Å²) >= 11 is 5.59. The largest absolute Gasteiger partial charge is 1.00 e. The molecule has 1 rings (SSSR count). The molecule has 0 fully saturated rings. The molecule has 1 unspecified atom stereocenters. The van der Waals surface area contributed by atoms with Crippen LogP contribution in [0.15, 0.2) is 24.3 Å². The van der Waals surface area contributed by atoms with Crippen molar-refractivity contribution in [1.82, 2.24) is 0 Å². The van der Waals surface area contributed by atoms with Crippen LogP contribution in [0.1, 0.15) is 11.6 Å². The van der Waals surface area contributed by atoms with E-state index in [4.69, 9.17) is 17.3 Å². The van der Waals surface area contributed by atoms with Gasteiger partial charge in [-0.3, -0.25) is 0 Å². The first-order chi connectivity index (χ1) is 5.61. The predicted octanol–water partition coefficient (Wildman–Crippen LogP) is -3.73.